The van der Waals surface area contributed by atoms with Crippen LogP contribution in [-0.2, 0) is 10.3 Å². The molecule has 1 fully saturated rings. The molecular formula is C15H21FN2O2Si. The molecule has 0 aliphatic carbocycles. The van der Waals surface area contributed by atoms with E-state index in [2.05, 4.69) is 25.0 Å². The van der Waals surface area contributed by atoms with Crippen LogP contribution in [0.25, 0.3) is 0 Å². The molecule has 3 amide bonds. The summed E-state index contributed by atoms with van der Waals surface area (Å²) in [4.78, 5) is 26.3. The lowest BCUT2D eigenvalue weighted by atomic mass is 9.87. The Hall–Kier alpha value is -1.69. The van der Waals surface area contributed by atoms with E-state index in [9.17, 15) is 14.0 Å². The lowest BCUT2D eigenvalue weighted by molar-refractivity contribution is -0.131. The van der Waals surface area contributed by atoms with Crippen LogP contribution < -0.4 is 5.32 Å². The minimum atomic E-state index is -1.61. The van der Waals surface area contributed by atoms with Crippen molar-refractivity contribution in [2.75, 3.05) is 6.17 Å². The highest BCUT2D eigenvalue weighted by atomic mass is 28.3. The monoisotopic (exact) mass is 308 g/mol. The molecule has 1 atom stereocenters. The van der Waals surface area contributed by atoms with Crippen LogP contribution in [0.2, 0.25) is 19.6 Å². The Balaban J connectivity index is 2.39. The molecule has 114 valence electrons. The molecule has 0 radical (unpaired) electrons. The van der Waals surface area contributed by atoms with Crippen LogP contribution in [-0.4, -0.2) is 31.1 Å². The molecule has 0 saturated carbocycles. The van der Waals surface area contributed by atoms with Crippen LogP contribution in [0.4, 0.5) is 9.18 Å². The Morgan fingerprint density at radius 3 is 2.24 bits per heavy atom. The number of imide groups is 1. The summed E-state index contributed by atoms with van der Waals surface area (Å²) in [5, 5.41) is 2.81. The Kier molecular flexibility index (Phi) is 3.93. The molecule has 1 aliphatic heterocycles. The van der Waals surface area contributed by atoms with E-state index in [0.29, 0.717) is 18.2 Å². The van der Waals surface area contributed by atoms with Crippen molar-refractivity contribution in [2.45, 2.75) is 38.5 Å². The number of amides is 3. The smallest absolute Gasteiger partial charge is 0.319 e. The fraction of sp³-hybridized carbons (Fsp3) is 0.467. The summed E-state index contributed by atoms with van der Waals surface area (Å²) in [6.45, 7) is 8.17. The minimum absolute atomic E-state index is 0.232. The summed E-state index contributed by atoms with van der Waals surface area (Å²) < 4.78 is 13.1. The van der Waals surface area contributed by atoms with Crippen molar-refractivity contribution in [3.05, 3.63) is 35.6 Å². The fourth-order valence-corrected chi connectivity index (χ4v) is 3.85. The molecule has 1 aromatic carbocycles. The number of carbonyl (C=O) groups is 2. The van der Waals surface area contributed by atoms with Gasteiger partial charge in [-0.05, 0) is 24.1 Å². The zero-order chi connectivity index (χ0) is 15.8. The van der Waals surface area contributed by atoms with Crippen molar-refractivity contribution in [1.29, 1.82) is 0 Å². The van der Waals surface area contributed by atoms with Crippen molar-refractivity contribution in [1.82, 2.24) is 10.2 Å². The van der Waals surface area contributed by atoms with E-state index in [1.807, 2.05) is 6.92 Å². The van der Waals surface area contributed by atoms with Crippen molar-refractivity contribution in [3.63, 3.8) is 0 Å². The maximum Gasteiger partial charge on any atom is 0.325 e. The number of urea groups is 1. The molecule has 0 aromatic heterocycles. The number of halogens is 1. The Bertz CT molecular complexity index is 568. The standard InChI is InChI=1S/C15H21FN2O2Si/c1-5-15(11-6-8-12(16)9-7-11)13(19)18(14(20)17-15)10-21(2,3)4/h6-9H,5,10H2,1-4H3,(H,17,20). The molecule has 4 nitrogen and oxygen atoms in total. The zero-order valence-electron chi connectivity index (χ0n) is 12.9. The molecule has 0 spiro atoms. The molecule has 1 unspecified atom stereocenters. The van der Waals surface area contributed by atoms with E-state index in [4.69, 9.17) is 0 Å². The second-order valence-corrected chi connectivity index (χ2v) is 12.1. The van der Waals surface area contributed by atoms with E-state index in [-0.39, 0.29) is 17.8 Å². The molecule has 6 heteroatoms. The van der Waals surface area contributed by atoms with Crippen LogP contribution in [0, 0.1) is 5.82 Å². The van der Waals surface area contributed by atoms with E-state index in [0.717, 1.165) is 0 Å². The van der Waals surface area contributed by atoms with Crippen molar-refractivity contribution < 1.29 is 14.0 Å². The van der Waals surface area contributed by atoms with E-state index in [1.165, 1.54) is 17.0 Å². The van der Waals surface area contributed by atoms with Crippen LogP contribution in [0.1, 0.15) is 18.9 Å². The third kappa shape index (κ3) is 2.85. The maximum absolute atomic E-state index is 13.1. The Labute approximate surface area is 125 Å². The van der Waals surface area contributed by atoms with Gasteiger partial charge in [0.25, 0.3) is 5.91 Å². The molecule has 1 heterocycles. The quantitative estimate of drug-likeness (QED) is 0.687. The Morgan fingerprint density at radius 2 is 1.76 bits per heavy atom. The second kappa shape index (κ2) is 5.25. The molecule has 1 aliphatic rings. The van der Waals surface area contributed by atoms with Crippen molar-refractivity contribution >= 4 is 20.0 Å². The van der Waals surface area contributed by atoms with Gasteiger partial charge in [-0.1, -0.05) is 38.7 Å². The Morgan fingerprint density at radius 1 is 1.19 bits per heavy atom. The first kappa shape index (κ1) is 15.7. The van der Waals surface area contributed by atoms with Gasteiger partial charge in [0.1, 0.15) is 11.4 Å². The largest absolute Gasteiger partial charge is 0.325 e. The van der Waals surface area contributed by atoms with Crippen LogP contribution >= 0.6 is 0 Å². The van der Waals surface area contributed by atoms with Gasteiger partial charge in [-0.3, -0.25) is 9.69 Å². The van der Waals surface area contributed by atoms with Crippen molar-refractivity contribution in [2.24, 2.45) is 0 Å². The van der Waals surface area contributed by atoms with Gasteiger partial charge >= 0.3 is 6.03 Å². The number of rotatable bonds is 4. The third-order valence-corrected chi connectivity index (χ3v) is 4.94. The summed E-state index contributed by atoms with van der Waals surface area (Å²) in [5.74, 6) is -0.593. The molecule has 1 N–H and O–H groups in total. The van der Waals surface area contributed by atoms with E-state index < -0.39 is 13.6 Å². The number of hydrogen-bond donors (Lipinski definition) is 1. The summed E-state index contributed by atoms with van der Waals surface area (Å²) in [5.41, 5.74) is -0.437. The highest BCUT2D eigenvalue weighted by molar-refractivity contribution is 6.76. The predicted molar refractivity (Wildman–Crippen MR) is 82.0 cm³/mol. The number of hydrogen-bond acceptors (Lipinski definition) is 2. The van der Waals surface area contributed by atoms with Gasteiger partial charge in [0.15, 0.2) is 0 Å². The first-order valence-corrected chi connectivity index (χ1v) is 10.8. The fourth-order valence-electron chi connectivity index (χ4n) is 2.62. The highest BCUT2D eigenvalue weighted by Crippen LogP contribution is 2.33. The lowest BCUT2D eigenvalue weighted by Crippen LogP contribution is -2.46. The van der Waals surface area contributed by atoms with Crippen LogP contribution in [0.3, 0.4) is 0 Å². The first-order valence-electron chi connectivity index (χ1n) is 7.10. The summed E-state index contributed by atoms with van der Waals surface area (Å²) in [6, 6.07) is 5.40. The van der Waals surface area contributed by atoms with Gasteiger partial charge < -0.3 is 5.32 Å². The van der Waals surface area contributed by atoms with Crippen LogP contribution in [0.5, 0.6) is 0 Å². The number of nitrogens with one attached hydrogen (secondary N) is 1. The van der Waals surface area contributed by atoms with Gasteiger partial charge in [-0.2, -0.15) is 0 Å². The summed E-state index contributed by atoms with van der Waals surface area (Å²) in [7, 11) is -1.61. The summed E-state index contributed by atoms with van der Waals surface area (Å²) >= 11 is 0. The molecular weight excluding hydrogens is 287 g/mol. The first-order chi connectivity index (χ1) is 9.69. The van der Waals surface area contributed by atoms with Gasteiger partial charge in [0.2, 0.25) is 0 Å². The topological polar surface area (TPSA) is 49.4 Å². The second-order valence-electron chi connectivity index (χ2n) is 6.65. The van der Waals surface area contributed by atoms with Gasteiger partial charge in [-0.15, -0.1) is 0 Å². The minimum Gasteiger partial charge on any atom is -0.319 e. The highest BCUT2D eigenvalue weighted by Gasteiger charge is 2.51. The zero-order valence-corrected chi connectivity index (χ0v) is 13.9. The number of carbonyl (C=O) groups excluding carboxylic acids is 2. The van der Waals surface area contributed by atoms with Gasteiger partial charge in [-0.25, -0.2) is 9.18 Å². The van der Waals surface area contributed by atoms with Gasteiger partial charge in [0.05, 0.1) is 8.07 Å². The van der Waals surface area contributed by atoms with Gasteiger partial charge in [0, 0.05) is 6.17 Å². The molecule has 2 rings (SSSR count). The lowest BCUT2D eigenvalue weighted by Gasteiger charge is -2.27. The van der Waals surface area contributed by atoms with E-state index in [1.54, 1.807) is 12.1 Å². The summed E-state index contributed by atoms with van der Waals surface area (Å²) in [6.07, 6.45) is 0.923. The molecule has 21 heavy (non-hydrogen) atoms. The number of benzene rings is 1. The SMILES string of the molecule is CCC1(c2ccc(F)cc2)NC(=O)N(C[Si](C)(C)C)C1=O. The molecule has 1 aromatic rings. The normalized spacial score (nSPS) is 22.6. The average Bonchev–Trinajstić information content (AvgIpc) is 2.63. The van der Waals surface area contributed by atoms with Crippen molar-refractivity contribution in [3.8, 4) is 0 Å². The third-order valence-electron chi connectivity index (χ3n) is 3.68. The van der Waals surface area contributed by atoms with E-state index >= 15 is 0 Å². The maximum atomic E-state index is 13.1. The molecule has 1 saturated heterocycles. The predicted octanol–water partition coefficient (Wildman–Crippen LogP) is 2.86. The molecule has 0 bridgehead atoms. The average molecular weight is 308 g/mol. The van der Waals surface area contributed by atoms with Crippen LogP contribution in [0.15, 0.2) is 24.3 Å². The number of nitrogens with zero attached hydrogens (tertiary/aromatic N) is 1.